The number of aliphatic carboxylic acids is 1. The maximum Gasteiger partial charge on any atom is 0.305 e. The zero-order valence-electron chi connectivity index (χ0n) is 11.6. The lowest BCUT2D eigenvalue weighted by molar-refractivity contribution is -0.138. The minimum Gasteiger partial charge on any atom is -0.481 e. The van der Waals surface area contributed by atoms with E-state index in [0.717, 1.165) is 11.3 Å². The molecule has 106 valence electrons. The molecule has 2 aromatic heterocycles. The Morgan fingerprint density at radius 3 is 2.75 bits per heavy atom. The molecule has 2 aromatic rings. The largest absolute Gasteiger partial charge is 0.481 e. The van der Waals surface area contributed by atoms with Gasteiger partial charge in [0.05, 0.1) is 23.9 Å². The third kappa shape index (κ3) is 2.79. The van der Waals surface area contributed by atoms with Crippen LogP contribution in [0.25, 0.3) is 11.4 Å². The summed E-state index contributed by atoms with van der Waals surface area (Å²) in [5, 5.41) is 28.6. The van der Waals surface area contributed by atoms with Gasteiger partial charge in [-0.2, -0.15) is 10.2 Å². The normalized spacial score (nSPS) is 12.3. The summed E-state index contributed by atoms with van der Waals surface area (Å²) in [5.41, 5.74) is 2.23. The van der Waals surface area contributed by atoms with E-state index in [1.54, 1.807) is 4.68 Å². The quantitative estimate of drug-likeness (QED) is 0.873. The van der Waals surface area contributed by atoms with Crippen molar-refractivity contribution in [1.29, 1.82) is 0 Å². The van der Waals surface area contributed by atoms with Crippen LogP contribution in [0.5, 0.6) is 0 Å². The highest BCUT2D eigenvalue weighted by Gasteiger charge is 2.21. The second-order valence-corrected chi connectivity index (χ2v) is 4.59. The summed E-state index contributed by atoms with van der Waals surface area (Å²) in [4.78, 5) is 10.9. The van der Waals surface area contributed by atoms with E-state index < -0.39 is 5.97 Å². The van der Waals surface area contributed by atoms with Gasteiger partial charge in [0.1, 0.15) is 0 Å². The summed E-state index contributed by atoms with van der Waals surface area (Å²) in [5.74, 6) is -0.354. The fourth-order valence-corrected chi connectivity index (χ4v) is 2.00. The Balaban J connectivity index is 2.46. The highest BCUT2D eigenvalue weighted by Crippen LogP contribution is 2.24. The van der Waals surface area contributed by atoms with Crippen LogP contribution >= 0.6 is 0 Å². The van der Waals surface area contributed by atoms with E-state index >= 15 is 0 Å². The number of nitrogens with zero attached hydrogens (tertiary/aromatic N) is 6. The number of hydrogen-bond donors (Lipinski definition) is 1. The van der Waals surface area contributed by atoms with Crippen molar-refractivity contribution in [3.63, 3.8) is 0 Å². The molecule has 0 amide bonds. The molecule has 8 nitrogen and oxygen atoms in total. The fourth-order valence-electron chi connectivity index (χ4n) is 2.00. The summed E-state index contributed by atoms with van der Waals surface area (Å²) in [6.45, 7) is 5.56. The van der Waals surface area contributed by atoms with Crippen molar-refractivity contribution in [2.24, 2.45) is 0 Å². The SMILES string of the molecule is CCC(CC(=O)O)n1nnnc1-c1cc(C)nnc1C. The van der Waals surface area contributed by atoms with Crippen LogP contribution < -0.4 is 0 Å². The Hall–Kier alpha value is -2.38. The minimum absolute atomic E-state index is 0.0227. The monoisotopic (exact) mass is 276 g/mol. The minimum atomic E-state index is -0.876. The first-order valence-electron chi connectivity index (χ1n) is 6.33. The predicted octanol–water partition coefficient (Wildman–Crippen LogP) is 1.17. The summed E-state index contributed by atoms with van der Waals surface area (Å²) in [7, 11) is 0. The van der Waals surface area contributed by atoms with Crippen molar-refractivity contribution in [3.8, 4) is 11.4 Å². The second-order valence-electron chi connectivity index (χ2n) is 4.59. The first-order valence-corrected chi connectivity index (χ1v) is 6.33. The van der Waals surface area contributed by atoms with E-state index in [9.17, 15) is 4.79 Å². The molecular weight excluding hydrogens is 260 g/mol. The van der Waals surface area contributed by atoms with Gasteiger partial charge in [0.2, 0.25) is 0 Å². The average molecular weight is 276 g/mol. The molecule has 1 N–H and O–H groups in total. The van der Waals surface area contributed by atoms with Gasteiger partial charge in [-0.25, -0.2) is 4.68 Å². The first kappa shape index (κ1) is 14.0. The molecule has 0 radical (unpaired) electrons. The molecule has 0 aliphatic rings. The van der Waals surface area contributed by atoms with Gasteiger partial charge in [0, 0.05) is 5.56 Å². The summed E-state index contributed by atoms with van der Waals surface area (Å²) < 4.78 is 1.55. The summed E-state index contributed by atoms with van der Waals surface area (Å²) in [6.07, 6.45) is 0.603. The van der Waals surface area contributed by atoms with Crippen LogP contribution in [0.1, 0.15) is 37.2 Å². The number of carboxylic acid groups (broad SMARTS) is 1. The van der Waals surface area contributed by atoms with E-state index in [2.05, 4.69) is 25.7 Å². The zero-order chi connectivity index (χ0) is 14.7. The smallest absolute Gasteiger partial charge is 0.305 e. The first-order chi connectivity index (χ1) is 9.52. The Bertz CT molecular complexity index is 624. The standard InChI is InChI=1S/C12H16N6O2/c1-4-9(6-11(19)20)18-12(15-16-17-18)10-5-7(2)13-14-8(10)3/h5,9H,4,6H2,1-3H3,(H,19,20). The molecule has 0 fully saturated rings. The molecule has 20 heavy (non-hydrogen) atoms. The van der Waals surface area contributed by atoms with Gasteiger partial charge in [-0.15, -0.1) is 5.10 Å². The molecule has 2 heterocycles. The van der Waals surface area contributed by atoms with Crippen LogP contribution in [-0.4, -0.2) is 41.5 Å². The Morgan fingerprint density at radius 2 is 2.10 bits per heavy atom. The van der Waals surface area contributed by atoms with Crippen molar-refractivity contribution in [3.05, 3.63) is 17.5 Å². The molecule has 8 heteroatoms. The van der Waals surface area contributed by atoms with Crippen molar-refractivity contribution in [2.75, 3.05) is 0 Å². The maximum absolute atomic E-state index is 10.9. The number of carboxylic acids is 1. The van der Waals surface area contributed by atoms with Crippen LogP contribution in [0.2, 0.25) is 0 Å². The van der Waals surface area contributed by atoms with E-state index in [4.69, 9.17) is 5.11 Å². The zero-order valence-corrected chi connectivity index (χ0v) is 11.6. The maximum atomic E-state index is 10.9. The third-order valence-corrected chi connectivity index (χ3v) is 3.06. The van der Waals surface area contributed by atoms with Gasteiger partial charge in [0.15, 0.2) is 5.82 Å². The van der Waals surface area contributed by atoms with Gasteiger partial charge in [0.25, 0.3) is 0 Å². The Labute approximate surface area is 115 Å². The number of rotatable bonds is 5. The van der Waals surface area contributed by atoms with Gasteiger partial charge in [-0.3, -0.25) is 4.79 Å². The lowest BCUT2D eigenvalue weighted by Gasteiger charge is -2.14. The molecule has 1 atom stereocenters. The lowest BCUT2D eigenvalue weighted by atomic mass is 10.1. The van der Waals surface area contributed by atoms with Crippen LogP contribution in [0.4, 0.5) is 0 Å². The van der Waals surface area contributed by atoms with E-state index in [-0.39, 0.29) is 12.5 Å². The van der Waals surface area contributed by atoms with Crippen molar-refractivity contribution < 1.29 is 9.90 Å². The molecule has 0 spiro atoms. The lowest BCUT2D eigenvalue weighted by Crippen LogP contribution is -2.16. The second kappa shape index (κ2) is 5.72. The highest BCUT2D eigenvalue weighted by molar-refractivity contribution is 5.67. The summed E-state index contributed by atoms with van der Waals surface area (Å²) in [6, 6.07) is 1.56. The molecule has 0 saturated carbocycles. The van der Waals surface area contributed by atoms with Crippen molar-refractivity contribution in [2.45, 2.75) is 39.7 Å². The number of aromatic nitrogens is 6. The molecule has 0 aliphatic carbocycles. The number of tetrazole rings is 1. The van der Waals surface area contributed by atoms with Crippen LogP contribution in [0.3, 0.4) is 0 Å². The average Bonchev–Trinajstić information content (AvgIpc) is 2.87. The van der Waals surface area contributed by atoms with Gasteiger partial charge < -0.3 is 5.11 Å². The summed E-state index contributed by atoms with van der Waals surface area (Å²) >= 11 is 0. The van der Waals surface area contributed by atoms with Gasteiger partial charge in [-0.1, -0.05) is 6.92 Å². The molecular formula is C12H16N6O2. The van der Waals surface area contributed by atoms with E-state index in [1.807, 2.05) is 26.8 Å². The number of carbonyl (C=O) groups is 1. The molecule has 1 unspecified atom stereocenters. The number of hydrogen-bond acceptors (Lipinski definition) is 6. The van der Waals surface area contributed by atoms with Gasteiger partial charge >= 0.3 is 5.97 Å². The predicted molar refractivity (Wildman–Crippen MR) is 69.9 cm³/mol. The molecule has 2 rings (SSSR count). The number of aryl methyl sites for hydroxylation is 2. The van der Waals surface area contributed by atoms with Gasteiger partial charge in [-0.05, 0) is 36.8 Å². The molecule has 0 saturated heterocycles. The third-order valence-electron chi connectivity index (χ3n) is 3.06. The fraction of sp³-hybridized carbons (Fsp3) is 0.500. The van der Waals surface area contributed by atoms with E-state index in [0.29, 0.717) is 17.9 Å². The molecule has 0 bridgehead atoms. The Kier molecular flexibility index (Phi) is 4.02. The van der Waals surface area contributed by atoms with Crippen LogP contribution in [-0.2, 0) is 4.79 Å². The highest BCUT2D eigenvalue weighted by atomic mass is 16.4. The topological polar surface area (TPSA) is 107 Å². The molecule has 0 aliphatic heterocycles. The van der Waals surface area contributed by atoms with Crippen LogP contribution in [0, 0.1) is 13.8 Å². The molecule has 0 aromatic carbocycles. The van der Waals surface area contributed by atoms with Crippen molar-refractivity contribution in [1.82, 2.24) is 30.4 Å². The van der Waals surface area contributed by atoms with Crippen LogP contribution in [0.15, 0.2) is 6.07 Å². The van der Waals surface area contributed by atoms with E-state index in [1.165, 1.54) is 0 Å². The Morgan fingerprint density at radius 1 is 1.35 bits per heavy atom. The van der Waals surface area contributed by atoms with Crippen molar-refractivity contribution >= 4 is 5.97 Å².